The summed E-state index contributed by atoms with van der Waals surface area (Å²) in [4.78, 5) is 16.4. The molecule has 1 heterocycles. The molecule has 84 valence electrons. The van der Waals surface area contributed by atoms with Gasteiger partial charge in [-0.15, -0.1) is 0 Å². The number of aromatic nitrogens is 2. The van der Waals surface area contributed by atoms with E-state index < -0.39 is 0 Å². The van der Waals surface area contributed by atoms with Crippen molar-refractivity contribution in [2.24, 2.45) is 0 Å². The van der Waals surface area contributed by atoms with Crippen molar-refractivity contribution in [1.29, 1.82) is 0 Å². The van der Waals surface area contributed by atoms with Crippen LogP contribution in [0.25, 0.3) is 11.3 Å². The van der Waals surface area contributed by atoms with Crippen LogP contribution >= 0.6 is 0 Å². The predicted octanol–water partition coefficient (Wildman–Crippen LogP) is 1.47. The minimum absolute atomic E-state index is 0.0506. The zero-order chi connectivity index (χ0) is 11.5. The molecule has 0 amide bonds. The highest BCUT2D eigenvalue weighted by atomic mass is 16.3. The summed E-state index contributed by atoms with van der Waals surface area (Å²) in [6, 6.07) is 7.73. The molecule has 0 aliphatic carbocycles. The van der Waals surface area contributed by atoms with E-state index in [9.17, 15) is 9.90 Å². The number of hydrogen-bond acceptors (Lipinski definition) is 2. The first-order chi connectivity index (χ1) is 7.72. The summed E-state index contributed by atoms with van der Waals surface area (Å²) in [7, 11) is 0. The molecule has 0 bridgehead atoms. The Morgan fingerprint density at radius 1 is 1.38 bits per heavy atom. The molecule has 0 aliphatic rings. The summed E-state index contributed by atoms with van der Waals surface area (Å²) in [6.07, 6.45) is 1.64. The highest BCUT2D eigenvalue weighted by Crippen LogP contribution is 2.26. The van der Waals surface area contributed by atoms with E-state index >= 15 is 0 Å². The van der Waals surface area contributed by atoms with Crippen LogP contribution in [0.5, 0.6) is 0 Å². The van der Waals surface area contributed by atoms with Crippen molar-refractivity contribution in [2.45, 2.75) is 12.8 Å². The van der Waals surface area contributed by atoms with E-state index in [1.165, 1.54) is 0 Å². The highest BCUT2D eigenvalue weighted by Gasteiger charge is 2.11. The lowest BCUT2D eigenvalue weighted by Crippen LogP contribution is -2.03. The second-order valence-corrected chi connectivity index (χ2v) is 3.83. The highest BCUT2D eigenvalue weighted by molar-refractivity contribution is 5.63. The van der Waals surface area contributed by atoms with Crippen molar-refractivity contribution in [3.8, 4) is 11.3 Å². The van der Waals surface area contributed by atoms with Gasteiger partial charge in [0.1, 0.15) is 0 Å². The molecule has 4 nitrogen and oxygen atoms in total. The van der Waals surface area contributed by atoms with Gasteiger partial charge in [0.05, 0.1) is 5.69 Å². The number of rotatable bonds is 3. The summed E-state index contributed by atoms with van der Waals surface area (Å²) < 4.78 is 0. The molecule has 1 unspecified atom stereocenters. The van der Waals surface area contributed by atoms with Crippen LogP contribution in [-0.2, 0) is 0 Å². The van der Waals surface area contributed by atoms with Gasteiger partial charge >= 0.3 is 5.69 Å². The molecule has 1 aromatic carbocycles. The van der Waals surface area contributed by atoms with Gasteiger partial charge in [0.15, 0.2) is 0 Å². The van der Waals surface area contributed by atoms with Crippen molar-refractivity contribution in [1.82, 2.24) is 9.97 Å². The molecular formula is C12H14N2O2. The Balaban J connectivity index is 2.52. The van der Waals surface area contributed by atoms with E-state index in [1.807, 2.05) is 31.2 Å². The number of H-pyrrole nitrogens is 2. The van der Waals surface area contributed by atoms with Gasteiger partial charge in [-0.05, 0) is 5.56 Å². The maximum Gasteiger partial charge on any atom is 0.323 e. The molecule has 0 aliphatic heterocycles. The fraction of sp³-hybridized carbons (Fsp3) is 0.250. The van der Waals surface area contributed by atoms with Crippen molar-refractivity contribution in [3.05, 3.63) is 46.5 Å². The molecule has 0 radical (unpaired) electrons. The van der Waals surface area contributed by atoms with Gasteiger partial charge in [-0.3, -0.25) is 0 Å². The largest absolute Gasteiger partial charge is 0.396 e. The van der Waals surface area contributed by atoms with E-state index in [1.54, 1.807) is 6.20 Å². The third-order valence-electron chi connectivity index (χ3n) is 2.65. The molecule has 3 N–H and O–H groups in total. The van der Waals surface area contributed by atoms with Crippen LogP contribution in [0.2, 0.25) is 0 Å². The lowest BCUT2D eigenvalue weighted by Gasteiger charge is -2.12. The van der Waals surface area contributed by atoms with Crippen LogP contribution in [0.1, 0.15) is 18.4 Å². The van der Waals surface area contributed by atoms with Gasteiger partial charge in [-0.25, -0.2) is 4.79 Å². The first-order valence-electron chi connectivity index (χ1n) is 5.20. The standard InChI is InChI=1S/C12H14N2O2/c1-8(7-15)9-4-2-3-5-10(9)11-6-13-12(16)14-11/h2-6,8,15H,7H2,1H3,(H2,13,14,16). The van der Waals surface area contributed by atoms with Gasteiger partial charge in [0.25, 0.3) is 0 Å². The fourth-order valence-electron chi connectivity index (χ4n) is 1.75. The van der Waals surface area contributed by atoms with Gasteiger partial charge in [-0.1, -0.05) is 31.2 Å². The monoisotopic (exact) mass is 218 g/mol. The molecule has 2 rings (SSSR count). The third kappa shape index (κ3) is 1.92. The molecule has 0 saturated heterocycles. The lowest BCUT2D eigenvalue weighted by molar-refractivity contribution is 0.273. The van der Waals surface area contributed by atoms with Crippen molar-refractivity contribution in [3.63, 3.8) is 0 Å². The van der Waals surface area contributed by atoms with E-state index in [2.05, 4.69) is 9.97 Å². The average Bonchev–Trinajstić information content (AvgIpc) is 2.75. The molecule has 2 aromatic rings. The SMILES string of the molecule is CC(CO)c1ccccc1-c1c[nH]c(=O)[nH]1. The number of benzene rings is 1. The minimum atomic E-state index is -0.221. The summed E-state index contributed by atoms with van der Waals surface area (Å²) in [5.41, 5.74) is 2.50. The second kappa shape index (κ2) is 4.37. The van der Waals surface area contributed by atoms with Crippen molar-refractivity contribution < 1.29 is 5.11 Å². The summed E-state index contributed by atoms with van der Waals surface area (Å²) in [5.74, 6) is 0.0506. The Kier molecular flexibility index (Phi) is 2.92. The van der Waals surface area contributed by atoms with E-state index in [0.717, 1.165) is 16.8 Å². The van der Waals surface area contributed by atoms with Crippen molar-refractivity contribution >= 4 is 0 Å². The van der Waals surface area contributed by atoms with Gasteiger partial charge in [0.2, 0.25) is 0 Å². The summed E-state index contributed by atoms with van der Waals surface area (Å²) in [5, 5.41) is 9.19. The van der Waals surface area contributed by atoms with Gasteiger partial charge in [0, 0.05) is 24.3 Å². The molecule has 4 heteroatoms. The number of aliphatic hydroxyl groups is 1. The zero-order valence-corrected chi connectivity index (χ0v) is 9.03. The fourth-order valence-corrected chi connectivity index (χ4v) is 1.75. The third-order valence-corrected chi connectivity index (χ3v) is 2.65. The molecule has 1 aromatic heterocycles. The molecule has 0 fully saturated rings. The second-order valence-electron chi connectivity index (χ2n) is 3.83. The Bertz CT molecular complexity index is 528. The topological polar surface area (TPSA) is 68.9 Å². The summed E-state index contributed by atoms with van der Waals surface area (Å²) in [6.45, 7) is 2.04. The van der Waals surface area contributed by atoms with E-state index in [4.69, 9.17) is 0 Å². The van der Waals surface area contributed by atoms with Crippen LogP contribution < -0.4 is 5.69 Å². The predicted molar refractivity (Wildman–Crippen MR) is 62.4 cm³/mol. The lowest BCUT2D eigenvalue weighted by atomic mass is 9.95. The number of hydrogen-bond donors (Lipinski definition) is 3. The Morgan fingerprint density at radius 2 is 2.12 bits per heavy atom. The normalized spacial score (nSPS) is 12.6. The van der Waals surface area contributed by atoms with Crippen LogP contribution in [-0.4, -0.2) is 21.7 Å². The number of aromatic amines is 2. The summed E-state index contributed by atoms with van der Waals surface area (Å²) >= 11 is 0. The quantitative estimate of drug-likeness (QED) is 0.730. The molecular weight excluding hydrogens is 204 g/mol. The molecule has 0 saturated carbocycles. The minimum Gasteiger partial charge on any atom is -0.396 e. The molecule has 0 spiro atoms. The molecule has 16 heavy (non-hydrogen) atoms. The number of imidazole rings is 1. The maximum absolute atomic E-state index is 11.1. The molecule has 1 atom stereocenters. The maximum atomic E-state index is 11.1. The van der Waals surface area contributed by atoms with Crippen LogP contribution in [0, 0.1) is 0 Å². The Hall–Kier alpha value is -1.81. The first kappa shape index (κ1) is 10.7. The van der Waals surface area contributed by atoms with E-state index in [0.29, 0.717) is 0 Å². The van der Waals surface area contributed by atoms with Crippen LogP contribution in [0.3, 0.4) is 0 Å². The Labute approximate surface area is 93.0 Å². The smallest absolute Gasteiger partial charge is 0.323 e. The van der Waals surface area contributed by atoms with Crippen molar-refractivity contribution in [2.75, 3.05) is 6.61 Å². The number of nitrogens with one attached hydrogen (secondary N) is 2. The van der Waals surface area contributed by atoms with Gasteiger partial charge in [-0.2, -0.15) is 0 Å². The van der Waals surface area contributed by atoms with E-state index in [-0.39, 0.29) is 18.2 Å². The number of aliphatic hydroxyl groups excluding tert-OH is 1. The van der Waals surface area contributed by atoms with Crippen LogP contribution in [0.15, 0.2) is 35.3 Å². The Morgan fingerprint density at radius 3 is 2.75 bits per heavy atom. The zero-order valence-electron chi connectivity index (χ0n) is 9.03. The average molecular weight is 218 g/mol. The first-order valence-corrected chi connectivity index (χ1v) is 5.20. The van der Waals surface area contributed by atoms with Gasteiger partial charge < -0.3 is 15.1 Å². The van der Waals surface area contributed by atoms with Crippen LogP contribution in [0.4, 0.5) is 0 Å².